The molecule has 1 saturated heterocycles. The van der Waals surface area contributed by atoms with Crippen LogP contribution in [0.4, 0.5) is 0 Å². The minimum atomic E-state index is -0.133. The summed E-state index contributed by atoms with van der Waals surface area (Å²) >= 11 is 0. The number of carbonyl (C=O) groups is 1. The number of hydrogen-bond acceptors (Lipinski definition) is 5. The van der Waals surface area contributed by atoms with Gasteiger partial charge in [-0.1, -0.05) is 24.2 Å². The molecule has 21 heavy (non-hydrogen) atoms. The van der Waals surface area contributed by atoms with Crippen molar-refractivity contribution in [1.82, 2.24) is 15.2 Å². The summed E-state index contributed by atoms with van der Waals surface area (Å²) in [6, 6.07) is 3.55. The van der Waals surface area contributed by atoms with Crippen LogP contribution < -0.4 is 0 Å². The molecule has 1 aliphatic heterocycles. The molecule has 0 spiro atoms. The van der Waals surface area contributed by atoms with Gasteiger partial charge in [0.15, 0.2) is 5.76 Å². The molecule has 2 aromatic heterocycles. The van der Waals surface area contributed by atoms with E-state index in [-0.39, 0.29) is 17.9 Å². The maximum atomic E-state index is 12.6. The van der Waals surface area contributed by atoms with Crippen molar-refractivity contribution in [2.45, 2.75) is 45.6 Å². The third-order valence-electron chi connectivity index (χ3n) is 3.82. The highest BCUT2D eigenvalue weighted by atomic mass is 16.5. The Kier molecular flexibility index (Phi) is 3.53. The van der Waals surface area contributed by atoms with E-state index in [9.17, 15) is 4.79 Å². The normalized spacial score (nSPS) is 18.7. The first-order valence-corrected chi connectivity index (χ1v) is 7.27. The molecule has 3 heterocycles. The molecule has 0 saturated carbocycles. The van der Waals surface area contributed by atoms with Crippen molar-refractivity contribution in [1.29, 1.82) is 0 Å². The number of aromatic nitrogens is 2. The summed E-state index contributed by atoms with van der Waals surface area (Å²) in [6.45, 7) is 6.60. The van der Waals surface area contributed by atoms with Crippen LogP contribution in [-0.4, -0.2) is 27.7 Å². The summed E-state index contributed by atoms with van der Waals surface area (Å²) in [5.41, 5.74) is 1.62. The molecule has 0 radical (unpaired) electrons. The molecular weight excluding hydrogens is 270 g/mol. The number of amides is 1. The first-order valence-electron chi connectivity index (χ1n) is 7.27. The second-order valence-electron chi connectivity index (χ2n) is 5.80. The fraction of sp³-hybridized carbons (Fsp3) is 0.533. The zero-order chi connectivity index (χ0) is 15.0. The van der Waals surface area contributed by atoms with Crippen LogP contribution in [-0.2, 0) is 0 Å². The monoisotopic (exact) mass is 289 g/mol. The van der Waals surface area contributed by atoms with Crippen LogP contribution in [0.5, 0.6) is 0 Å². The Morgan fingerprint density at radius 1 is 1.33 bits per heavy atom. The van der Waals surface area contributed by atoms with Crippen molar-refractivity contribution in [3.8, 4) is 0 Å². The van der Waals surface area contributed by atoms with E-state index in [2.05, 4.69) is 10.3 Å². The van der Waals surface area contributed by atoms with Gasteiger partial charge in [0, 0.05) is 18.7 Å². The molecule has 1 unspecified atom stereocenters. The van der Waals surface area contributed by atoms with Crippen LogP contribution in [0.3, 0.4) is 0 Å². The van der Waals surface area contributed by atoms with Crippen molar-refractivity contribution in [3.05, 3.63) is 35.0 Å². The van der Waals surface area contributed by atoms with E-state index >= 15 is 0 Å². The summed E-state index contributed by atoms with van der Waals surface area (Å²) in [4.78, 5) is 14.4. The van der Waals surface area contributed by atoms with Gasteiger partial charge < -0.3 is 13.9 Å². The van der Waals surface area contributed by atoms with E-state index in [1.165, 1.54) is 0 Å². The van der Waals surface area contributed by atoms with Crippen molar-refractivity contribution < 1.29 is 13.8 Å². The van der Waals surface area contributed by atoms with Gasteiger partial charge in [-0.15, -0.1) is 0 Å². The topological polar surface area (TPSA) is 72.4 Å². The highest BCUT2D eigenvalue weighted by molar-refractivity contribution is 5.92. The molecular formula is C15H19N3O3. The van der Waals surface area contributed by atoms with E-state index in [4.69, 9.17) is 9.05 Å². The standard InChI is InChI=1S/C15H19N3O3/c1-9(2)11-8-14(21-17-11)15(19)18-6-4-5-12(18)13-7-10(3)16-20-13/h7-9,12H,4-6H2,1-3H3. The Bertz CT molecular complexity index is 644. The smallest absolute Gasteiger partial charge is 0.293 e. The van der Waals surface area contributed by atoms with Gasteiger partial charge >= 0.3 is 0 Å². The number of rotatable bonds is 3. The quantitative estimate of drug-likeness (QED) is 0.868. The summed E-state index contributed by atoms with van der Waals surface area (Å²) < 4.78 is 10.5. The number of hydrogen-bond donors (Lipinski definition) is 0. The third-order valence-corrected chi connectivity index (χ3v) is 3.82. The highest BCUT2D eigenvalue weighted by Crippen LogP contribution is 2.33. The molecule has 3 rings (SSSR count). The van der Waals surface area contributed by atoms with Crippen LogP contribution in [0.25, 0.3) is 0 Å². The molecule has 1 amide bonds. The summed E-state index contributed by atoms with van der Waals surface area (Å²) in [7, 11) is 0. The summed E-state index contributed by atoms with van der Waals surface area (Å²) in [6.07, 6.45) is 1.83. The lowest BCUT2D eigenvalue weighted by Gasteiger charge is -2.20. The Balaban J connectivity index is 1.82. The summed E-state index contributed by atoms with van der Waals surface area (Å²) in [5, 5.41) is 7.86. The van der Waals surface area contributed by atoms with Crippen LogP contribution in [0.1, 0.15) is 66.4 Å². The maximum absolute atomic E-state index is 12.6. The average Bonchev–Trinajstić information content (AvgIpc) is 3.17. The minimum absolute atomic E-state index is 0.0636. The fourth-order valence-corrected chi connectivity index (χ4v) is 2.65. The molecule has 2 aromatic rings. The zero-order valence-electron chi connectivity index (χ0n) is 12.5. The predicted octanol–water partition coefficient (Wildman–Crippen LogP) is 3.07. The summed E-state index contributed by atoms with van der Waals surface area (Å²) in [5.74, 6) is 1.14. The van der Waals surface area contributed by atoms with Gasteiger partial charge in [-0.25, -0.2) is 0 Å². The molecule has 1 fully saturated rings. The van der Waals surface area contributed by atoms with Crippen LogP contribution in [0.2, 0.25) is 0 Å². The molecule has 0 N–H and O–H groups in total. The van der Waals surface area contributed by atoms with Gasteiger partial charge in [0.2, 0.25) is 5.76 Å². The van der Waals surface area contributed by atoms with Gasteiger partial charge in [-0.05, 0) is 25.7 Å². The lowest BCUT2D eigenvalue weighted by atomic mass is 10.1. The lowest BCUT2D eigenvalue weighted by Crippen LogP contribution is -2.30. The van der Waals surface area contributed by atoms with Gasteiger partial charge in [0.05, 0.1) is 17.4 Å². The van der Waals surface area contributed by atoms with E-state index in [0.29, 0.717) is 12.3 Å². The van der Waals surface area contributed by atoms with E-state index in [0.717, 1.165) is 30.0 Å². The highest BCUT2D eigenvalue weighted by Gasteiger charge is 2.34. The number of nitrogens with zero attached hydrogens (tertiary/aromatic N) is 3. The van der Waals surface area contributed by atoms with Gasteiger partial charge in [0.25, 0.3) is 5.91 Å². The van der Waals surface area contributed by atoms with Crippen LogP contribution in [0.15, 0.2) is 21.2 Å². The minimum Gasteiger partial charge on any atom is -0.359 e. The molecule has 0 bridgehead atoms. The molecule has 1 atom stereocenters. The molecule has 6 nitrogen and oxygen atoms in total. The van der Waals surface area contributed by atoms with Crippen molar-refractivity contribution in [2.24, 2.45) is 0 Å². The number of aryl methyl sites for hydroxylation is 1. The Labute approximate surface area is 123 Å². The van der Waals surface area contributed by atoms with E-state index in [1.807, 2.05) is 26.8 Å². The van der Waals surface area contributed by atoms with Gasteiger partial charge in [-0.3, -0.25) is 4.79 Å². The third kappa shape index (κ3) is 2.57. The Morgan fingerprint density at radius 3 is 2.76 bits per heavy atom. The second-order valence-corrected chi connectivity index (χ2v) is 5.80. The average molecular weight is 289 g/mol. The molecule has 6 heteroatoms. The zero-order valence-corrected chi connectivity index (χ0v) is 12.5. The predicted molar refractivity (Wildman–Crippen MR) is 74.8 cm³/mol. The lowest BCUT2D eigenvalue weighted by molar-refractivity contribution is 0.0672. The van der Waals surface area contributed by atoms with Crippen molar-refractivity contribution in [3.63, 3.8) is 0 Å². The van der Waals surface area contributed by atoms with E-state index in [1.54, 1.807) is 11.0 Å². The molecule has 112 valence electrons. The van der Waals surface area contributed by atoms with Gasteiger partial charge in [0.1, 0.15) is 0 Å². The molecule has 0 aromatic carbocycles. The first kappa shape index (κ1) is 13.9. The first-order chi connectivity index (χ1) is 10.1. The second kappa shape index (κ2) is 5.35. The van der Waals surface area contributed by atoms with Crippen LogP contribution in [0, 0.1) is 6.92 Å². The largest absolute Gasteiger partial charge is 0.359 e. The molecule has 1 aliphatic rings. The molecule has 0 aliphatic carbocycles. The maximum Gasteiger partial charge on any atom is 0.293 e. The SMILES string of the molecule is Cc1cc(C2CCCN2C(=O)c2cc(C(C)C)no2)on1. The van der Waals surface area contributed by atoms with Crippen LogP contribution >= 0.6 is 0 Å². The number of likely N-dealkylation sites (tertiary alicyclic amines) is 1. The van der Waals surface area contributed by atoms with E-state index < -0.39 is 0 Å². The van der Waals surface area contributed by atoms with Crippen molar-refractivity contribution in [2.75, 3.05) is 6.54 Å². The Hall–Kier alpha value is -2.11. The fourth-order valence-electron chi connectivity index (χ4n) is 2.65. The number of carbonyl (C=O) groups excluding carboxylic acids is 1. The Morgan fingerprint density at radius 2 is 2.14 bits per heavy atom. The van der Waals surface area contributed by atoms with Crippen molar-refractivity contribution >= 4 is 5.91 Å². The van der Waals surface area contributed by atoms with Gasteiger partial charge in [-0.2, -0.15) is 0 Å².